The van der Waals surface area contributed by atoms with Crippen LogP contribution in [0.25, 0.3) is 0 Å². The smallest absolute Gasteiger partial charge is 0.315 e. The van der Waals surface area contributed by atoms with Crippen molar-refractivity contribution in [2.24, 2.45) is 5.92 Å². The molecule has 1 aromatic rings. The molecule has 0 bridgehead atoms. The van der Waals surface area contributed by atoms with Crippen molar-refractivity contribution in [3.63, 3.8) is 0 Å². The van der Waals surface area contributed by atoms with Gasteiger partial charge in [-0.25, -0.2) is 4.79 Å². The van der Waals surface area contributed by atoms with Crippen LogP contribution in [0.3, 0.4) is 0 Å². The molecule has 1 saturated carbocycles. The van der Waals surface area contributed by atoms with Gasteiger partial charge in [0.2, 0.25) is 5.91 Å². The maximum Gasteiger partial charge on any atom is 0.315 e. The van der Waals surface area contributed by atoms with Crippen LogP contribution in [-0.2, 0) is 4.79 Å². The average Bonchev–Trinajstić information content (AvgIpc) is 3.39. The van der Waals surface area contributed by atoms with Crippen LogP contribution >= 0.6 is 11.8 Å². The molecular weight excluding hydrogens is 338 g/mol. The number of rotatable bonds is 6. The summed E-state index contributed by atoms with van der Waals surface area (Å²) in [4.78, 5) is 24.4. The third-order valence-corrected chi connectivity index (χ3v) is 6.69. The molecule has 1 aliphatic carbocycles. The molecule has 0 radical (unpaired) electrons. The number of hydrogen-bond acceptors (Lipinski definition) is 4. The van der Waals surface area contributed by atoms with Gasteiger partial charge in [-0.3, -0.25) is 4.79 Å². The second-order valence-corrected chi connectivity index (χ2v) is 8.36. The first-order valence-electron chi connectivity index (χ1n) is 8.60. The molecule has 136 valence electrons. The second kappa shape index (κ2) is 7.15. The number of urea groups is 1. The standard InChI is InChI=1S/C18H25N3O3S/c1-11-10-19-17(23)21-15(11)25-18(8-9-18)16(22)20-12(2)13-4-6-14(24-3)7-5-13/h4-7,11-12,15H,8-10H2,1-3H3,(H,20,22)(H2,19,21,23)/t11?,12-,15?/m1/s1. The van der Waals surface area contributed by atoms with Gasteiger partial charge >= 0.3 is 6.03 Å². The number of hydrogen-bond donors (Lipinski definition) is 3. The highest BCUT2D eigenvalue weighted by atomic mass is 32.2. The molecule has 3 atom stereocenters. The van der Waals surface area contributed by atoms with Gasteiger partial charge in [-0.15, -0.1) is 11.8 Å². The van der Waals surface area contributed by atoms with E-state index in [1.54, 1.807) is 18.9 Å². The average molecular weight is 363 g/mol. The highest BCUT2D eigenvalue weighted by Crippen LogP contribution is 2.51. The minimum atomic E-state index is -0.412. The number of thioether (sulfide) groups is 1. The summed E-state index contributed by atoms with van der Waals surface area (Å²) in [6.07, 6.45) is 1.71. The minimum Gasteiger partial charge on any atom is -0.497 e. The van der Waals surface area contributed by atoms with Crippen molar-refractivity contribution in [1.82, 2.24) is 16.0 Å². The number of ether oxygens (including phenoxy) is 1. The molecule has 1 aromatic carbocycles. The largest absolute Gasteiger partial charge is 0.497 e. The van der Waals surface area contributed by atoms with E-state index in [-0.39, 0.29) is 29.3 Å². The Kier molecular flexibility index (Phi) is 5.13. The van der Waals surface area contributed by atoms with Crippen LogP contribution < -0.4 is 20.7 Å². The van der Waals surface area contributed by atoms with Crippen LogP contribution in [0.5, 0.6) is 5.75 Å². The lowest BCUT2D eigenvalue weighted by Gasteiger charge is -2.32. The fraction of sp³-hybridized carbons (Fsp3) is 0.556. The Hall–Kier alpha value is -1.89. The third kappa shape index (κ3) is 4.03. The molecule has 3 amide bonds. The summed E-state index contributed by atoms with van der Waals surface area (Å²) in [6.45, 7) is 4.71. The van der Waals surface area contributed by atoms with Crippen LogP contribution in [0.2, 0.25) is 0 Å². The topological polar surface area (TPSA) is 79.5 Å². The normalized spacial score (nSPS) is 25.3. The summed E-state index contributed by atoms with van der Waals surface area (Å²) >= 11 is 1.59. The molecule has 0 aromatic heterocycles. The quantitative estimate of drug-likeness (QED) is 0.725. The molecular formula is C18H25N3O3S. The van der Waals surface area contributed by atoms with Crippen molar-refractivity contribution < 1.29 is 14.3 Å². The monoisotopic (exact) mass is 363 g/mol. The fourth-order valence-corrected chi connectivity index (χ4v) is 4.37. The zero-order chi connectivity index (χ0) is 18.0. The fourth-order valence-electron chi connectivity index (χ4n) is 2.89. The number of nitrogens with one attached hydrogen (secondary N) is 3. The number of carbonyl (C=O) groups excluding carboxylic acids is 2. The van der Waals surface area contributed by atoms with Gasteiger partial charge in [-0.1, -0.05) is 19.1 Å². The Labute approximate surface area is 152 Å². The first-order valence-corrected chi connectivity index (χ1v) is 9.48. The van der Waals surface area contributed by atoms with Gasteiger partial charge in [0.05, 0.1) is 23.3 Å². The Morgan fingerprint density at radius 3 is 2.64 bits per heavy atom. The highest BCUT2D eigenvalue weighted by molar-refractivity contribution is 8.02. The van der Waals surface area contributed by atoms with Crippen LogP contribution in [0.1, 0.15) is 38.3 Å². The SMILES string of the molecule is COc1ccc([C@@H](C)NC(=O)C2(SC3NC(=O)NCC3C)CC2)cc1. The van der Waals surface area contributed by atoms with E-state index in [0.29, 0.717) is 6.54 Å². The molecule has 3 N–H and O–H groups in total. The second-order valence-electron chi connectivity index (χ2n) is 6.83. The molecule has 2 fully saturated rings. The predicted octanol–water partition coefficient (Wildman–Crippen LogP) is 2.41. The molecule has 1 heterocycles. The van der Waals surface area contributed by atoms with Gasteiger partial charge in [0, 0.05) is 12.5 Å². The maximum absolute atomic E-state index is 12.8. The Bertz CT molecular complexity index is 645. The first kappa shape index (κ1) is 17.9. The van der Waals surface area contributed by atoms with E-state index in [0.717, 1.165) is 24.2 Å². The lowest BCUT2D eigenvalue weighted by atomic mass is 10.1. The predicted molar refractivity (Wildman–Crippen MR) is 98.6 cm³/mol. The summed E-state index contributed by atoms with van der Waals surface area (Å²) in [5.41, 5.74) is 1.04. The molecule has 2 unspecified atom stereocenters. The van der Waals surface area contributed by atoms with Crippen molar-refractivity contribution in [1.29, 1.82) is 0 Å². The Balaban J connectivity index is 1.60. The number of carbonyl (C=O) groups is 2. The van der Waals surface area contributed by atoms with Crippen LogP contribution in [-0.4, -0.2) is 35.7 Å². The Morgan fingerprint density at radius 1 is 1.36 bits per heavy atom. The van der Waals surface area contributed by atoms with Gasteiger partial charge in [0.25, 0.3) is 0 Å². The first-order chi connectivity index (χ1) is 11.9. The number of amides is 3. The van der Waals surface area contributed by atoms with E-state index in [1.807, 2.05) is 31.2 Å². The van der Waals surface area contributed by atoms with Gasteiger partial charge < -0.3 is 20.7 Å². The zero-order valence-electron chi connectivity index (χ0n) is 14.8. The van der Waals surface area contributed by atoms with Gasteiger partial charge in [0.15, 0.2) is 0 Å². The maximum atomic E-state index is 12.8. The van der Waals surface area contributed by atoms with E-state index in [4.69, 9.17) is 4.74 Å². The minimum absolute atomic E-state index is 0.0294. The molecule has 7 heteroatoms. The number of methoxy groups -OCH3 is 1. The van der Waals surface area contributed by atoms with Crippen molar-refractivity contribution in [3.05, 3.63) is 29.8 Å². The van der Waals surface area contributed by atoms with Gasteiger partial charge in [0.1, 0.15) is 5.75 Å². The lowest BCUT2D eigenvalue weighted by Crippen LogP contribution is -2.54. The summed E-state index contributed by atoms with van der Waals surface area (Å²) < 4.78 is 4.75. The van der Waals surface area contributed by atoms with E-state index in [1.165, 1.54) is 0 Å². The number of benzene rings is 1. The lowest BCUT2D eigenvalue weighted by molar-refractivity contribution is -0.121. The third-order valence-electron chi connectivity index (χ3n) is 4.81. The highest BCUT2D eigenvalue weighted by Gasteiger charge is 2.53. The zero-order valence-corrected chi connectivity index (χ0v) is 15.6. The molecule has 3 rings (SSSR count). The summed E-state index contributed by atoms with van der Waals surface area (Å²) in [5.74, 6) is 1.14. The van der Waals surface area contributed by atoms with Crippen LogP contribution in [0, 0.1) is 5.92 Å². The van der Waals surface area contributed by atoms with Gasteiger partial charge in [-0.2, -0.15) is 0 Å². The summed E-state index contributed by atoms with van der Waals surface area (Å²) in [5, 5.41) is 8.81. The molecule has 2 aliphatic rings. The summed E-state index contributed by atoms with van der Waals surface area (Å²) in [6, 6.07) is 7.49. The van der Waals surface area contributed by atoms with E-state index in [9.17, 15) is 9.59 Å². The van der Waals surface area contributed by atoms with Gasteiger partial charge in [-0.05, 0) is 37.5 Å². The molecule has 0 spiro atoms. The molecule has 6 nitrogen and oxygen atoms in total. The van der Waals surface area contributed by atoms with Crippen molar-refractivity contribution in [3.8, 4) is 5.75 Å². The molecule has 25 heavy (non-hydrogen) atoms. The molecule has 1 saturated heterocycles. The van der Waals surface area contributed by atoms with E-state index < -0.39 is 4.75 Å². The van der Waals surface area contributed by atoms with Crippen LogP contribution in [0.15, 0.2) is 24.3 Å². The van der Waals surface area contributed by atoms with E-state index in [2.05, 4.69) is 22.9 Å². The van der Waals surface area contributed by atoms with E-state index >= 15 is 0 Å². The van der Waals surface area contributed by atoms with Crippen molar-refractivity contribution in [2.45, 2.75) is 42.9 Å². The molecule has 1 aliphatic heterocycles. The Morgan fingerprint density at radius 2 is 2.04 bits per heavy atom. The van der Waals surface area contributed by atoms with Crippen LogP contribution in [0.4, 0.5) is 4.79 Å². The van der Waals surface area contributed by atoms with Crippen molar-refractivity contribution in [2.75, 3.05) is 13.7 Å². The summed E-state index contributed by atoms with van der Waals surface area (Å²) in [7, 11) is 1.63. The van der Waals surface area contributed by atoms with Crippen molar-refractivity contribution >= 4 is 23.7 Å².